The summed E-state index contributed by atoms with van der Waals surface area (Å²) >= 11 is 0. The van der Waals surface area contributed by atoms with Crippen molar-refractivity contribution in [3.63, 3.8) is 0 Å². The number of aliphatic hydroxyl groups excluding tert-OH is 1. The molecule has 0 bridgehead atoms. The molecule has 1 N–H and O–H groups in total. The predicted molar refractivity (Wildman–Crippen MR) is 121 cm³/mol. The van der Waals surface area contributed by atoms with Crippen LogP contribution in [0.4, 0.5) is 0 Å². The molecule has 1 atom stereocenters. The topological polar surface area (TPSA) is 76.1 Å². The summed E-state index contributed by atoms with van der Waals surface area (Å²) in [6.45, 7) is 3.48. The van der Waals surface area contributed by atoms with Crippen LogP contribution in [0.15, 0.2) is 36.1 Å². The van der Waals surface area contributed by atoms with Crippen LogP contribution in [0.2, 0.25) is 0 Å². The molecule has 0 aromatic heterocycles. The third-order valence-corrected chi connectivity index (χ3v) is 5.59. The quantitative estimate of drug-likeness (QED) is 0.262. The Morgan fingerprint density at radius 2 is 2.00 bits per heavy atom. The minimum atomic E-state index is -0.202. The molecule has 1 aliphatic heterocycles. The number of carbonyl (C=O) groups is 2. The van der Waals surface area contributed by atoms with Crippen molar-refractivity contribution < 1.29 is 24.2 Å². The fraction of sp³-hybridized carbons (Fsp3) is 0.600. The molecule has 1 saturated heterocycles. The van der Waals surface area contributed by atoms with Crippen LogP contribution >= 0.6 is 0 Å². The number of benzene rings is 1. The number of hydrogen-bond acceptors (Lipinski definition) is 5. The molecule has 1 aromatic rings. The average Bonchev–Trinajstić information content (AvgIpc) is 3.12. The first-order valence-electron chi connectivity index (χ1n) is 11.5. The first-order valence-corrected chi connectivity index (χ1v) is 11.5. The SMILES string of the molecule is CCOC(=O)CCCCCCN1C(=O)CCC1/C(O)=C/CCc1cccc(COC)c1. The number of aryl methyl sites for hydroxylation is 1. The van der Waals surface area contributed by atoms with E-state index in [-0.39, 0.29) is 17.9 Å². The van der Waals surface area contributed by atoms with Gasteiger partial charge >= 0.3 is 5.97 Å². The van der Waals surface area contributed by atoms with Gasteiger partial charge < -0.3 is 19.5 Å². The van der Waals surface area contributed by atoms with Crippen LogP contribution in [0.25, 0.3) is 0 Å². The van der Waals surface area contributed by atoms with Gasteiger partial charge in [0.25, 0.3) is 0 Å². The number of allylic oxidation sites excluding steroid dienone is 1. The number of carbonyl (C=O) groups excluding carboxylic acids is 2. The van der Waals surface area contributed by atoms with Gasteiger partial charge in [0, 0.05) is 26.5 Å². The number of rotatable bonds is 14. The van der Waals surface area contributed by atoms with E-state index in [2.05, 4.69) is 12.1 Å². The molecule has 0 aliphatic carbocycles. The zero-order chi connectivity index (χ0) is 22.5. The molecule has 172 valence electrons. The van der Waals surface area contributed by atoms with Crippen LogP contribution in [0.3, 0.4) is 0 Å². The smallest absolute Gasteiger partial charge is 0.305 e. The van der Waals surface area contributed by atoms with E-state index in [1.54, 1.807) is 7.11 Å². The monoisotopic (exact) mass is 431 g/mol. The van der Waals surface area contributed by atoms with Crippen molar-refractivity contribution in [2.45, 2.75) is 77.4 Å². The largest absolute Gasteiger partial charge is 0.510 e. The fourth-order valence-corrected chi connectivity index (χ4v) is 4.02. The van der Waals surface area contributed by atoms with Crippen molar-refractivity contribution in [2.24, 2.45) is 0 Å². The number of unbranched alkanes of at least 4 members (excludes halogenated alkanes) is 3. The molecule has 2 rings (SSSR count). The minimum Gasteiger partial charge on any atom is -0.510 e. The van der Waals surface area contributed by atoms with Crippen LogP contribution in [0, 0.1) is 0 Å². The molecule has 31 heavy (non-hydrogen) atoms. The van der Waals surface area contributed by atoms with Gasteiger partial charge in [-0.1, -0.05) is 37.1 Å². The first kappa shape index (κ1) is 24.9. The Morgan fingerprint density at radius 1 is 1.23 bits per heavy atom. The number of amides is 1. The minimum absolute atomic E-state index is 0.115. The molecule has 0 saturated carbocycles. The lowest BCUT2D eigenvalue weighted by molar-refractivity contribution is -0.143. The lowest BCUT2D eigenvalue weighted by Crippen LogP contribution is -2.35. The molecule has 1 amide bonds. The van der Waals surface area contributed by atoms with Gasteiger partial charge in [0.05, 0.1) is 19.3 Å². The molecule has 1 heterocycles. The van der Waals surface area contributed by atoms with Crippen LogP contribution in [-0.4, -0.2) is 48.2 Å². The van der Waals surface area contributed by atoms with E-state index in [1.165, 1.54) is 5.56 Å². The lowest BCUT2D eigenvalue weighted by Gasteiger charge is -2.24. The summed E-state index contributed by atoms with van der Waals surface area (Å²) in [7, 11) is 1.69. The average molecular weight is 432 g/mol. The van der Waals surface area contributed by atoms with Crippen molar-refractivity contribution in [1.82, 2.24) is 4.90 Å². The summed E-state index contributed by atoms with van der Waals surface area (Å²) in [5, 5.41) is 10.6. The summed E-state index contributed by atoms with van der Waals surface area (Å²) in [4.78, 5) is 25.4. The highest BCUT2D eigenvalue weighted by molar-refractivity contribution is 5.79. The summed E-state index contributed by atoms with van der Waals surface area (Å²) in [6, 6.07) is 8.07. The van der Waals surface area contributed by atoms with Gasteiger partial charge in [-0.05, 0) is 56.2 Å². The van der Waals surface area contributed by atoms with Crippen molar-refractivity contribution in [3.05, 3.63) is 47.2 Å². The van der Waals surface area contributed by atoms with Gasteiger partial charge in [0.2, 0.25) is 5.91 Å². The van der Waals surface area contributed by atoms with Crippen LogP contribution in [0.5, 0.6) is 0 Å². The lowest BCUT2D eigenvalue weighted by atomic mass is 10.1. The molecule has 1 aliphatic rings. The number of aliphatic hydroxyl groups is 1. The highest BCUT2D eigenvalue weighted by atomic mass is 16.5. The Kier molecular flexibility index (Phi) is 11.1. The van der Waals surface area contributed by atoms with Crippen LogP contribution < -0.4 is 0 Å². The molecule has 6 heteroatoms. The Labute approximate surface area is 186 Å². The normalized spacial score (nSPS) is 16.7. The molecule has 1 unspecified atom stereocenters. The van der Waals surface area contributed by atoms with E-state index in [4.69, 9.17) is 9.47 Å². The Balaban J connectivity index is 1.75. The Morgan fingerprint density at radius 3 is 2.77 bits per heavy atom. The zero-order valence-corrected chi connectivity index (χ0v) is 19.0. The van der Waals surface area contributed by atoms with Crippen LogP contribution in [-0.2, 0) is 32.1 Å². The molecule has 6 nitrogen and oxygen atoms in total. The fourth-order valence-electron chi connectivity index (χ4n) is 4.02. The van der Waals surface area contributed by atoms with E-state index in [9.17, 15) is 14.7 Å². The van der Waals surface area contributed by atoms with Crippen molar-refractivity contribution in [3.8, 4) is 0 Å². The zero-order valence-electron chi connectivity index (χ0n) is 19.0. The standard InChI is InChI=1S/C25H37NO5/c1-3-31-25(29)14-6-4-5-7-17-26-22(15-16-24(26)28)23(27)13-9-11-20-10-8-12-21(18-20)19-30-2/h8,10,12-13,18,22,27H,3-7,9,11,14-17,19H2,1-2H3/b23-13-. The summed E-state index contributed by atoms with van der Waals surface area (Å²) in [6.07, 6.45) is 8.64. The van der Waals surface area contributed by atoms with E-state index in [1.807, 2.05) is 30.0 Å². The molecule has 0 spiro atoms. The second-order valence-electron chi connectivity index (χ2n) is 8.03. The highest BCUT2D eigenvalue weighted by Gasteiger charge is 2.32. The summed E-state index contributed by atoms with van der Waals surface area (Å²) in [5.41, 5.74) is 2.35. The second kappa shape index (κ2) is 13.9. The van der Waals surface area contributed by atoms with E-state index in [0.29, 0.717) is 44.8 Å². The van der Waals surface area contributed by atoms with Crippen LogP contribution in [0.1, 0.15) is 69.4 Å². The summed E-state index contributed by atoms with van der Waals surface area (Å²) < 4.78 is 10.1. The van der Waals surface area contributed by atoms with Gasteiger partial charge in [0.15, 0.2) is 0 Å². The number of nitrogens with zero attached hydrogens (tertiary/aromatic N) is 1. The molecule has 0 radical (unpaired) electrons. The maximum absolute atomic E-state index is 12.3. The third kappa shape index (κ3) is 8.74. The Bertz CT molecular complexity index is 730. The number of hydrogen-bond donors (Lipinski definition) is 1. The highest BCUT2D eigenvalue weighted by Crippen LogP contribution is 2.25. The van der Waals surface area contributed by atoms with Crippen molar-refractivity contribution in [2.75, 3.05) is 20.3 Å². The van der Waals surface area contributed by atoms with Crippen molar-refractivity contribution >= 4 is 11.9 Å². The van der Waals surface area contributed by atoms with E-state index in [0.717, 1.165) is 44.1 Å². The molecular formula is C25H37NO5. The number of methoxy groups -OCH3 is 1. The molecular weight excluding hydrogens is 394 g/mol. The maximum atomic E-state index is 12.3. The van der Waals surface area contributed by atoms with Crippen molar-refractivity contribution in [1.29, 1.82) is 0 Å². The van der Waals surface area contributed by atoms with Gasteiger partial charge in [-0.3, -0.25) is 9.59 Å². The van der Waals surface area contributed by atoms with E-state index >= 15 is 0 Å². The van der Waals surface area contributed by atoms with Gasteiger partial charge in [-0.15, -0.1) is 0 Å². The van der Waals surface area contributed by atoms with E-state index < -0.39 is 0 Å². The number of likely N-dealkylation sites (tertiary alicyclic amines) is 1. The Hall–Kier alpha value is -2.34. The number of ether oxygens (including phenoxy) is 2. The predicted octanol–water partition coefficient (Wildman–Crippen LogP) is 4.71. The van der Waals surface area contributed by atoms with Gasteiger partial charge in [0.1, 0.15) is 5.76 Å². The van der Waals surface area contributed by atoms with Gasteiger partial charge in [-0.2, -0.15) is 0 Å². The number of esters is 1. The second-order valence-corrected chi connectivity index (χ2v) is 8.03. The molecule has 1 fully saturated rings. The molecule has 1 aromatic carbocycles. The maximum Gasteiger partial charge on any atom is 0.305 e. The summed E-state index contributed by atoms with van der Waals surface area (Å²) in [5.74, 6) is 0.280. The first-order chi connectivity index (χ1) is 15.0. The van der Waals surface area contributed by atoms with Gasteiger partial charge in [-0.25, -0.2) is 0 Å². The third-order valence-electron chi connectivity index (χ3n) is 5.59.